The lowest BCUT2D eigenvalue weighted by atomic mass is 10.1. The highest BCUT2D eigenvalue weighted by Crippen LogP contribution is 2.14. The fourth-order valence-corrected chi connectivity index (χ4v) is 1.67. The molecule has 0 unspecified atom stereocenters. The van der Waals surface area contributed by atoms with E-state index in [0.29, 0.717) is 25.3 Å². The van der Waals surface area contributed by atoms with Crippen LogP contribution >= 0.6 is 0 Å². The lowest BCUT2D eigenvalue weighted by molar-refractivity contribution is 0.157. The highest BCUT2D eigenvalue weighted by atomic mass is 19.1. The number of hydrogen-bond acceptors (Lipinski definition) is 3. The van der Waals surface area contributed by atoms with E-state index in [0.717, 1.165) is 5.56 Å². The predicted octanol–water partition coefficient (Wildman–Crippen LogP) is 1.24. The van der Waals surface area contributed by atoms with Gasteiger partial charge in [-0.15, -0.1) is 0 Å². The summed E-state index contributed by atoms with van der Waals surface area (Å²) in [5.74, 6) is -0.310. The number of cyclic esters (lactones) is 1. The van der Waals surface area contributed by atoms with Crippen LogP contribution in [0.4, 0.5) is 9.18 Å². The SMILES string of the molecule is NCc1cc(CN2CCOC2=O)ccc1F. The Balaban J connectivity index is 2.12. The van der Waals surface area contributed by atoms with Crippen LogP contribution in [0.3, 0.4) is 0 Å². The molecular weight excluding hydrogens is 211 g/mol. The number of ether oxygens (including phenoxy) is 1. The van der Waals surface area contributed by atoms with Gasteiger partial charge in [-0.2, -0.15) is 0 Å². The first kappa shape index (κ1) is 10.9. The van der Waals surface area contributed by atoms with Crippen molar-refractivity contribution in [2.75, 3.05) is 13.2 Å². The van der Waals surface area contributed by atoms with Gasteiger partial charge < -0.3 is 15.4 Å². The predicted molar refractivity (Wildman–Crippen MR) is 56.0 cm³/mol. The van der Waals surface area contributed by atoms with Gasteiger partial charge in [0, 0.05) is 18.7 Å². The summed E-state index contributed by atoms with van der Waals surface area (Å²) < 4.78 is 18.0. The van der Waals surface area contributed by atoms with E-state index in [9.17, 15) is 9.18 Å². The molecule has 1 amide bonds. The number of carbonyl (C=O) groups is 1. The Labute approximate surface area is 92.8 Å². The normalized spacial score (nSPS) is 15.4. The summed E-state index contributed by atoms with van der Waals surface area (Å²) in [5, 5.41) is 0. The van der Waals surface area contributed by atoms with Gasteiger partial charge in [-0.25, -0.2) is 9.18 Å². The Morgan fingerprint density at radius 3 is 2.94 bits per heavy atom. The Morgan fingerprint density at radius 2 is 2.31 bits per heavy atom. The zero-order valence-electron chi connectivity index (χ0n) is 8.78. The summed E-state index contributed by atoms with van der Waals surface area (Å²) in [7, 11) is 0. The molecule has 0 aliphatic carbocycles. The smallest absolute Gasteiger partial charge is 0.410 e. The van der Waals surface area contributed by atoms with Crippen molar-refractivity contribution in [3.05, 3.63) is 35.1 Å². The fraction of sp³-hybridized carbons (Fsp3) is 0.364. The van der Waals surface area contributed by atoms with Crippen LogP contribution in [-0.4, -0.2) is 24.1 Å². The minimum absolute atomic E-state index is 0.157. The van der Waals surface area contributed by atoms with E-state index in [-0.39, 0.29) is 18.5 Å². The molecule has 4 nitrogen and oxygen atoms in total. The molecule has 5 heteroatoms. The molecule has 0 spiro atoms. The maximum Gasteiger partial charge on any atom is 0.410 e. The second kappa shape index (κ2) is 4.49. The van der Waals surface area contributed by atoms with Crippen molar-refractivity contribution in [1.82, 2.24) is 4.90 Å². The minimum Gasteiger partial charge on any atom is -0.448 e. The summed E-state index contributed by atoms with van der Waals surface area (Å²) >= 11 is 0. The third-order valence-electron chi connectivity index (χ3n) is 2.55. The number of nitrogens with two attached hydrogens (primary N) is 1. The average molecular weight is 224 g/mol. The van der Waals surface area contributed by atoms with Crippen LogP contribution in [0.1, 0.15) is 11.1 Å². The molecule has 86 valence electrons. The highest BCUT2D eigenvalue weighted by molar-refractivity contribution is 5.69. The molecule has 1 heterocycles. The number of nitrogens with zero attached hydrogens (tertiary/aromatic N) is 1. The summed E-state index contributed by atoms with van der Waals surface area (Å²) in [4.78, 5) is 12.8. The molecule has 0 radical (unpaired) electrons. The molecule has 0 aromatic heterocycles. The quantitative estimate of drug-likeness (QED) is 0.840. The monoisotopic (exact) mass is 224 g/mol. The zero-order chi connectivity index (χ0) is 11.5. The van der Waals surface area contributed by atoms with Crippen molar-refractivity contribution >= 4 is 6.09 Å². The summed E-state index contributed by atoms with van der Waals surface area (Å²) in [6.07, 6.45) is -0.321. The number of halogens is 1. The van der Waals surface area contributed by atoms with E-state index < -0.39 is 0 Å². The van der Waals surface area contributed by atoms with Crippen LogP contribution in [0.5, 0.6) is 0 Å². The van der Waals surface area contributed by atoms with E-state index in [1.807, 2.05) is 0 Å². The van der Waals surface area contributed by atoms with Gasteiger partial charge in [-0.1, -0.05) is 6.07 Å². The van der Waals surface area contributed by atoms with Crippen LogP contribution < -0.4 is 5.73 Å². The van der Waals surface area contributed by atoms with Gasteiger partial charge in [-0.3, -0.25) is 0 Å². The van der Waals surface area contributed by atoms with Gasteiger partial charge in [0.2, 0.25) is 0 Å². The van der Waals surface area contributed by atoms with Gasteiger partial charge in [-0.05, 0) is 17.7 Å². The summed E-state index contributed by atoms with van der Waals surface area (Å²) in [6.45, 7) is 1.59. The van der Waals surface area contributed by atoms with E-state index in [4.69, 9.17) is 10.5 Å². The standard InChI is InChI=1S/C11H13FN2O2/c12-10-2-1-8(5-9(10)6-13)7-14-3-4-16-11(14)15/h1-2,5H,3-4,6-7,13H2. The largest absolute Gasteiger partial charge is 0.448 e. The first-order valence-electron chi connectivity index (χ1n) is 5.10. The van der Waals surface area contributed by atoms with Gasteiger partial charge in [0.1, 0.15) is 12.4 Å². The van der Waals surface area contributed by atoms with Crippen molar-refractivity contribution in [2.45, 2.75) is 13.1 Å². The molecule has 1 aliphatic rings. The second-order valence-corrected chi connectivity index (χ2v) is 3.67. The van der Waals surface area contributed by atoms with Crippen molar-refractivity contribution in [2.24, 2.45) is 5.73 Å². The number of rotatable bonds is 3. The van der Waals surface area contributed by atoms with E-state index in [1.54, 1.807) is 17.0 Å². The van der Waals surface area contributed by atoms with Crippen LogP contribution in [0, 0.1) is 5.82 Å². The van der Waals surface area contributed by atoms with Crippen LogP contribution in [0.25, 0.3) is 0 Å². The summed E-state index contributed by atoms with van der Waals surface area (Å²) in [5.41, 5.74) is 6.73. The molecule has 0 bridgehead atoms. The summed E-state index contributed by atoms with van der Waals surface area (Å²) in [6, 6.07) is 4.71. The first-order valence-corrected chi connectivity index (χ1v) is 5.10. The maximum absolute atomic E-state index is 13.2. The van der Waals surface area contributed by atoms with Crippen molar-refractivity contribution in [3.8, 4) is 0 Å². The zero-order valence-corrected chi connectivity index (χ0v) is 8.78. The Kier molecular flexibility index (Phi) is 3.05. The highest BCUT2D eigenvalue weighted by Gasteiger charge is 2.21. The molecule has 0 atom stereocenters. The molecule has 1 fully saturated rings. The lowest BCUT2D eigenvalue weighted by Crippen LogP contribution is -2.23. The number of carbonyl (C=O) groups excluding carboxylic acids is 1. The van der Waals surface area contributed by atoms with Crippen LogP contribution in [0.2, 0.25) is 0 Å². The van der Waals surface area contributed by atoms with Gasteiger partial charge in [0.25, 0.3) is 0 Å². The molecule has 2 N–H and O–H groups in total. The van der Waals surface area contributed by atoms with E-state index >= 15 is 0 Å². The van der Waals surface area contributed by atoms with Gasteiger partial charge >= 0.3 is 6.09 Å². The average Bonchev–Trinajstić information content (AvgIpc) is 2.67. The third-order valence-corrected chi connectivity index (χ3v) is 2.55. The van der Waals surface area contributed by atoms with E-state index in [2.05, 4.69) is 0 Å². The Bertz CT molecular complexity index is 409. The van der Waals surface area contributed by atoms with Crippen molar-refractivity contribution in [1.29, 1.82) is 0 Å². The topological polar surface area (TPSA) is 55.6 Å². The van der Waals surface area contributed by atoms with Crippen molar-refractivity contribution < 1.29 is 13.9 Å². The molecule has 16 heavy (non-hydrogen) atoms. The Hall–Kier alpha value is -1.62. The number of hydrogen-bond donors (Lipinski definition) is 1. The lowest BCUT2D eigenvalue weighted by Gasteiger charge is -2.13. The van der Waals surface area contributed by atoms with Crippen LogP contribution in [0.15, 0.2) is 18.2 Å². The molecule has 1 saturated heterocycles. The molecular formula is C11H13FN2O2. The maximum atomic E-state index is 13.2. The van der Waals surface area contributed by atoms with Crippen molar-refractivity contribution in [3.63, 3.8) is 0 Å². The van der Waals surface area contributed by atoms with E-state index in [1.165, 1.54) is 6.07 Å². The van der Waals surface area contributed by atoms with Crippen LogP contribution in [-0.2, 0) is 17.8 Å². The fourth-order valence-electron chi connectivity index (χ4n) is 1.67. The molecule has 1 aliphatic heterocycles. The molecule has 1 aromatic carbocycles. The molecule has 0 saturated carbocycles. The van der Waals surface area contributed by atoms with Gasteiger partial charge in [0.15, 0.2) is 0 Å². The number of benzene rings is 1. The Morgan fingerprint density at radius 1 is 1.50 bits per heavy atom. The second-order valence-electron chi connectivity index (χ2n) is 3.67. The minimum atomic E-state index is -0.321. The molecule has 1 aromatic rings. The molecule has 2 rings (SSSR count). The number of amides is 1. The third kappa shape index (κ3) is 2.14. The van der Waals surface area contributed by atoms with Gasteiger partial charge in [0.05, 0.1) is 6.54 Å². The first-order chi connectivity index (χ1) is 7.70.